The second kappa shape index (κ2) is 14.3. The second-order valence-corrected chi connectivity index (χ2v) is 13.5. The quantitative estimate of drug-likeness (QED) is 0.106. The van der Waals surface area contributed by atoms with E-state index in [2.05, 4.69) is 95.4 Å². The summed E-state index contributed by atoms with van der Waals surface area (Å²) in [6, 6.07) is 37.8. The first kappa shape index (κ1) is 32.8. The Morgan fingerprint density at radius 1 is 0.652 bits per heavy atom. The van der Waals surface area contributed by atoms with E-state index in [9.17, 15) is 9.59 Å². The van der Waals surface area contributed by atoms with E-state index < -0.39 is 5.97 Å². The molecule has 5 rings (SSSR count). The van der Waals surface area contributed by atoms with E-state index >= 15 is 0 Å². The van der Waals surface area contributed by atoms with Crippen molar-refractivity contribution in [3.63, 3.8) is 0 Å². The van der Waals surface area contributed by atoms with Gasteiger partial charge < -0.3 is 5.11 Å². The van der Waals surface area contributed by atoms with Gasteiger partial charge in [-0.3, -0.25) is 9.59 Å². The maximum absolute atomic E-state index is 14.0. The minimum Gasteiger partial charge on any atom is -0.481 e. The lowest BCUT2D eigenvalue weighted by atomic mass is 9.99. The highest BCUT2D eigenvalue weighted by molar-refractivity contribution is 6.14. The molecule has 1 N–H and O–H groups in total. The van der Waals surface area contributed by atoms with Crippen molar-refractivity contribution in [2.24, 2.45) is 11.8 Å². The third-order valence-electron chi connectivity index (χ3n) is 8.91. The first-order valence-corrected chi connectivity index (χ1v) is 16.5. The second-order valence-electron chi connectivity index (χ2n) is 13.5. The van der Waals surface area contributed by atoms with Crippen LogP contribution in [0.2, 0.25) is 0 Å². The normalized spacial score (nSPS) is 11.8. The molecule has 0 bridgehead atoms. The van der Waals surface area contributed by atoms with Crippen LogP contribution in [0.1, 0.15) is 73.1 Å². The van der Waals surface area contributed by atoms with Gasteiger partial charge in [-0.2, -0.15) is 0 Å². The van der Waals surface area contributed by atoms with Gasteiger partial charge in [0, 0.05) is 53.9 Å². The minimum atomic E-state index is -0.804. The first-order chi connectivity index (χ1) is 22.1. The van der Waals surface area contributed by atoms with Crippen molar-refractivity contribution in [2.45, 2.75) is 59.8 Å². The number of aryl methyl sites for hydroxylation is 1. The number of quaternary nitrogens is 1. The maximum atomic E-state index is 14.0. The molecule has 4 heteroatoms. The Labute approximate surface area is 274 Å². The van der Waals surface area contributed by atoms with Gasteiger partial charge in [-0.25, -0.2) is 4.48 Å². The van der Waals surface area contributed by atoms with Gasteiger partial charge in [-0.15, -0.1) is 0 Å². The van der Waals surface area contributed by atoms with Gasteiger partial charge in [-0.1, -0.05) is 82.3 Å². The van der Waals surface area contributed by atoms with Crippen LogP contribution in [0.5, 0.6) is 0 Å². The summed E-state index contributed by atoms with van der Waals surface area (Å²) in [4.78, 5) is 25.1. The van der Waals surface area contributed by atoms with Crippen LogP contribution in [-0.4, -0.2) is 23.9 Å². The van der Waals surface area contributed by atoms with Gasteiger partial charge in [0.15, 0.2) is 5.78 Å². The Kier molecular flexibility index (Phi) is 10.2. The average Bonchev–Trinajstić information content (AvgIpc) is 3.18. The number of carboxylic acid groups (broad SMARTS) is 1. The van der Waals surface area contributed by atoms with Crippen LogP contribution >= 0.6 is 0 Å². The van der Waals surface area contributed by atoms with E-state index in [1.165, 1.54) is 11.1 Å². The summed E-state index contributed by atoms with van der Waals surface area (Å²) in [7, 11) is 2.22. The number of carboxylic acids is 1. The van der Waals surface area contributed by atoms with Crippen molar-refractivity contribution in [3.05, 3.63) is 137 Å². The predicted octanol–water partition coefficient (Wildman–Crippen LogP) is 10.4. The SMILES string of the molecule is CC(C)Cc1ccc([N+](C)(c2ccc(CC(C)C)cc2)c2ccc(C(=O)c3cc(CCCC(=O)O)c4cccccc3-4)cc2)cc1. The summed E-state index contributed by atoms with van der Waals surface area (Å²) in [5.41, 5.74) is 10.2. The van der Waals surface area contributed by atoms with Gasteiger partial charge in [-0.05, 0) is 83.5 Å². The molecule has 46 heavy (non-hydrogen) atoms. The average molecular weight is 613 g/mol. The van der Waals surface area contributed by atoms with Crippen LogP contribution in [0.15, 0.2) is 109 Å². The number of rotatable bonds is 13. The largest absolute Gasteiger partial charge is 0.481 e. The molecule has 3 aromatic rings. The van der Waals surface area contributed by atoms with Crippen molar-refractivity contribution in [1.29, 1.82) is 0 Å². The molecular weight excluding hydrogens is 566 g/mol. The number of carbonyl (C=O) groups excluding carboxylic acids is 1. The number of aliphatic carboxylic acids is 1. The first-order valence-electron chi connectivity index (χ1n) is 16.5. The molecule has 2 aliphatic carbocycles. The van der Waals surface area contributed by atoms with Gasteiger partial charge in [0.25, 0.3) is 0 Å². The highest BCUT2D eigenvalue weighted by Crippen LogP contribution is 2.43. The fourth-order valence-corrected chi connectivity index (χ4v) is 6.53. The van der Waals surface area contributed by atoms with Crippen LogP contribution in [0, 0.1) is 11.8 Å². The van der Waals surface area contributed by atoms with Crippen molar-refractivity contribution < 1.29 is 14.7 Å². The van der Waals surface area contributed by atoms with E-state index in [0.29, 0.717) is 40.3 Å². The summed E-state index contributed by atoms with van der Waals surface area (Å²) >= 11 is 0. The number of hydrogen-bond donors (Lipinski definition) is 1. The molecule has 4 nitrogen and oxygen atoms in total. The van der Waals surface area contributed by atoms with Crippen LogP contribution in [0.3, 0.4) is 0 Å². The van der Waals surface area contributed by atoms with Crippen LogP contribution in [0.25, 0.3) is 11.1 Å². The Bertz CT molecular complexity index is 1700. The van der Waals surface area contributed by atoms with Gasteiger partial charge in [0.1, 0.15) is 17.1 Å². The lowest BCUT2D eigenvalue weighted by molar-refractivity contribution is -0.137. The van der Waals surface area contributed by atoms with Crippen LogP contribution in [-0.2, 0) is 24.1 Å². The Morgan fingerprint density at radius 3 is 1.61 bits per heavy atom. The van der Waals surface area contributed by atoms with Gasteiger partial charge >= 0.3 is 5.97 Å². The van der Waals surface area contributed by atoms with E-state index in [1.807, 2.05) is 48.5 Å². The van der Waals surface area contributed by atoms with Crippen LogP contribution < -0.4 is 4.48 Å². The summed E-state index contributed by atoms with van der Waals surface area (Å²) < 4.78 is 0.473. The highest BCUT2D eigenvalue weighted by Gasteiger charge is 2.32. The summed E-state index contributed by atoms with van der Waals surface area (Å²) in [5, 5.41) is 9.14. The van der Waals surface area contributed by atoms with E-state index in [0.717, 1.165) is 46.6 Å². The molecule has 0 aliphatic heterocycles. The summed E-state index contributed by atoms with van der Waals surface area (Å²) in [6.07, 6.45) is 3.33. The molecule has 0 radical (unpaired) electrons. The molecule has 0 heterocycles. The minimum absolute atomic E-state index is 0.0301. The molecule has 0 unspecified atom stereocenters. The number of ketones is 1. The van der Waals surface area contributed by atoms with Gasteiger partial charge in [0.05, 0.1) is 7.05 Å². The monoisotopic (exact) mass is 612 g/mol. The maximum Gasteiger partial charge on any atom is 0.303 e. The molecule has 0 saturated heterocycles. The van der Waals surface area contributed by atoms with Crippen molar-refractivity contribution in [2.75, 3.05) is 7.05 Å². The Balaban J connectivity index is 1.51. The Hall–Kier alpha value is -4.54. The third kappa shape index (κ3) is 7.29. The molecule has 0 fully saturated rings. The molecule has 0 saturated carbocycles. The number of nitrogens with zero attached hydrogens (tertiary/aromatic N) is 1. The van der Waals surface area contributed by atoms with Crippen molar-refractivity contribution in [1.82, 2.24) is 4.48 Å². The van der Waals surface area contributed by atoms with E-state index in [1.54, 1.807) is 0 Å². The topological polar surface area (TPSA) is 54.4 Å². The molecule has 236 valence electrons. The number of hydrogen-bond acceptors (Lipinski definition) is 2. The van der Waals surface area contributed by atoms with E-state index in [4.69, 9.17) is 5.11 Å². The zero-order valence-electron chi connectivity index (χ0n) is 27.8. The number of carbonyl (C=O) groups is 2. The Morgan fingerprint density at radius 2 is 1.13 bits per heavy atom. The molecule has 0 amide bonds. The molecule has 0 atom stereocenters. The highest BCUT2D eigenvalue weighted by atomic mass is 16.4. The fourth-order valence-electron chi connectivity index (χ4n) is 6.53. The summed E-state index contributed by atoms with van der Waals surface area (Å²) in [6.45, 7) is 8.98. The molecule has 3 aromatic carbocycles. The van der Waals surface area contributed by atoms with Gasteiger partial charge in [0.2, 0.25) is 0 Å². The number of fused-ring (bicyclic) bond motifs is 1. The van der Waals surface area contributed by atoms with E-state index in [-0.39, 0.29) is 12.2 Å². The van der Waals surface area contributed by atoms with Crippen molar-refractivity contribution >= 4 is 28.8 Å². The predicted molar refractivity (Wildman–Crippen MR) is 191 cm³/mol. The van der Waals surface area contributed by atoms with Crippen LogP contribution in [0.4, 0.5) is 17.1 Å². The number of benzene rings is 3. The zero-order valence-corrected chi connectivity index (χ0v) is 27.8. The lowest BCUT2D eigenvalue weighted by Crippen LogP contribution is -2.33. The molecule has 0 aromatic heterocycles. The molecule has 0 spiro atoms. The standard InChI is InChI=1S/C42H45NO3/c1-29(2)26-31-14-20-35(21-15-31)43(5,36-22-16-32(17-23-36)27-30(3)4)37-24-18-33(19-25-37)42(46)40-28-34(10-9-13-41(44)45)38-11-7-6-8-12-39(38)40/h6-8,11-12,14-25,28-30H,9-10,13,26-27H2,1-5H3/p+1. The lowest BCUT2D eigenvalue weighted by Gasteiger charge is -2.33. The molecular formula is C42H46NO3+. The third-order valence-corrected chi connectivity index (χ3v) is 8.91. The van der Waals surface area contributed by atoms with Crippen molar-refractivity contribution in [3.8, 4) is 11.1 Å². The smallest absolute Gasteiger partial charge is 0.303 e. The molecule has 2 aliphatic rings. The zero-order chi connectivity index (χ0) is 32.8. The fraction of sp³-hybridized carbons (Fsp3) is 0.286. The summed E-state index contributed by atoms with van der Waals surface area (Å²) in [5.74, 6) is 0.347.